The van der Waals surface area contributed by atoms with Crippen LogP contribution in [0, 0.1) is 0 Å². The highest BCUT2D eigenvalue weighted by molar-refractivity contribution is 7.95. The topological polar surface area (TPSA) is 77.1 Å². The molecule has 204 valence electrons. The van der Waals surface area contributed by atoms with Gasteiger partial charge in [-0.2, -0.15) is 13.2 Å². The second-order valence-electron chi connectivity index (χ2n) is 8.54. The zero-order chi connectivity index (χ0) is 27.5. The predicted octanol–water partition coefficient (Wildman–Crippen LogP) is 6.34. The minimum atomic E-state index is -4.66. The van der Waals surface area contributed by atoms with E-state index in [-0.39, 0.29) is 15.6 Å². The molecule has 1 aliphatic heterocycles. The van der Waals surface area contributed by atoms with Crippen LogP contribution in [0.1, 0.15) is 12.0 Å². The van der Waals surface area contributed by atoms with Crippen LogP contribution >= 0.6 is 23.6 Å². The Bertz CT molecular complexity index is 1410. The van der Waals surface area contributed by atoms with E-state index in [9.17, 15) is 21.6 Å². The Kier molecular flexibility index (Phi) is 8.55. The van der Waals surface area contributed by atoms with Crippen molar-refractivity contribution in [2.45, 2.75) is 28.5 Å². The SMILES string of the molecule is COc1cccc(OSc2ccc(S(=O)(=O)Nc3ccc(C(F)(F)F)c(O[C@@H]4CCN(C)C4)c3)cc2Cl)c1. The van der Waals surface area contributed by atoms with Crippen LogP contribution in [0.25, 0.3) is 0 Å². The van der Waals surface area contributed by atoms with Crippen molar-refractivity contribution in [3.05, 3.63) is 71.2 Å². The summed E-state index contributed by atoms with van der Waals surface area (Å²) in [6.45, 7) is 1.16. The third-order valence-corrected chi connectivity index (χ3v) is 8.28. The number of benzene rings is 3. The van der Waals surface area contributed by atoms with Crippen LogP contribution in [-0.4, -0.2) is 46.7 Å². The van der Waals surface area contributed by atoms with E-state index in [1.165, 1.54) is 25.3 Å². The van der Waals surface area contributed by atoms with Crippen molar-refractivity contribution in [3.8, 4) is 17.2 Å². The molecular weight excluding hydrogens is 565 g/mol. The Hall–Kier alpha value is -2.80. The summed E-state index contributed by atoms with van der Waals surface area (Å²) in [5.74, 6) is 0.681. The van der Waals surface area contributed by atoms with Crippen molar-refractivity contribution < 1.29 is 35.2 Å². The number of methoxy groups -OCH3 is 1. The third-order valence-electron chi connectivity index (χ3n) is 5.66. The van der Waals surface area contributed by atoms with Gasteiger partial charge in [0.1, 0.15) is 23.4 Å². The normalized spacial score (nSPS) is 16.3. The molecule has 0 saturated carbocycles. The molecule has 0 spiro atoms. The summed E-state index contributed by atoms with van der Waals surface area (Å²) < 4.78 is 85.4. The average molecular weight is 589 g/mol. The number of nitrogens with zero attached hydrogens (tertiary/aromatic N) is 1. The summed E-state index contributed by atoms with van der Waals surface area (Å²) in [5.41, 5.74) is -1.05. The second kappa shape index (κ2) is 11.5. The fourth-order valence-electron chi connectivity index (χ4n) is 3.76. The summed E-state index contributed by atoms with van der Waals surface area (Å²) in [6.07, 6.45) is -4.53. The first-order chi connectivity index (χ1) is 17.9. The van der Waals surface area contributed by atoms with Gasteiger partial charge in [0.25, 0.3) is 10.0 Å². The van der Waals surface area contributed by atoms with Crippen molar-refractivity contribution in [2.75, 3.05) is 32.0 Å². The van der Waals surface area contributed by atoms with Gasteiger partial charge in [-0.1, -0.05) is 17.7 Å². The highest BCUT2D eigenvalue weighted by Gasteiger charge is 2.36. The van der Waals surface area contributed by atoms with Crippen LogP contribution in [0.15, 0.2) is 70.5 Å². The number of halogens is 4. The number of ether oxygens (including phenoxy) is 2. The van der Waals surface area contributed by atoms with Crippen LogP contribution in [0.5, 0.6) is 17.2 Å². The maximum Gasteiger partial charge on any atom is 0.419 e. The number of anilines is 1. The minimum Gasteiger partial charge on any atom is -0.497 e. The number of likely N-dealkylation sites (tertiary alicyclic amines) is 1. The van der Waals surface area contributed by atoms with E-state index < -0.39 is 33.6 Å². The van der Waals surface area contributed by atoms with Gasteiger partial charge in [0.15, 0.2) is 0 Å². The Morgan fingerprint density at radius 2 is 1.84 bits per heavy atom. The Morgan fingerprint density at radius 1 is 1.08 bits per heavy atom. The fourth-order valence-corrected chi connectivity index (χ4v) is 5.73. The standard InChI is InChI=1S/C25H24ClF3N2O5S2/c1-31-11-10-19(15-31)35-23-12-16(6-8-21(23)25(27,28)29)30-38(32,33)20-7-9-24(22(26)14-20)37-36-18-5-3-4-17(13-18)34-2/h3-9,12-14,19,30H,10-11,15H2,1-2H3/t19-/m1/s1. The number of nitrogens with one attached hydrogen (secondary N) is 1. The summed E-state index contributed by atoms with van der Waals surface area (Å²) in [6, 6.07) is 13.8. The molecule has 0 aromatic heterocycles. The Labute approximate surface area is 228 Å². The lowest BCUT2D eigenvalue weighted by atomic mass is 10.1. The molecule has 1 saturated heterocycles. The smallest absolute Gasteiger partial charge is 0.419 e. The number of rotatable bonds is 9. The van der Waals surface area contributed by atoms with E-state index in [0.29, 0.717) is 35.9 Å². The first kappa shape index (κ1) is 28.2. The third kappa shape index (κ3) is 6.99. The van der Waals surface area contributed by atoms with Gasteiger partial charge < -0.3 is 18.6 Å². The van der Waals surface area contributed by atoms with Gasteiger partial charge in [0, 0.05) is 25.2 Å². The average Bonchev–Trinajstić information content (AvgIpc) is 3.26. The zero-order valence-electron chi connectivity index (χ0n) is 20.3. The molecule has 0 amide bonds. The van der Waals surface area contributed by atoms with Crippen molar-refractivity contribution in [1.29, 1.82) is 0 Å². The molecular formula is C25H24ClF3N2O5S2. The van der Waals surface area contributed by atoms with Crippen LogP contribution in [0.2, 0.25) is 5.02 Å². The van der Waals surface area contributed by atoms with Crippen molar-refractivity contribution in [1.82, 2.24) is 4.90 Å². The Balaban J connectivity index is 1.50. The van der Waals surface area contributed by atoms with Gasteiger partial charge in [0.05, 0.1) is 45.2 Å². The molecule has 1 heterocycles. The minimum absolute atomic E-state index is 0.0738. The number of likely N-dealkylation sites (N-methyl/N-ethyl adjacent to an activating group) is 1. The van der Waals surface area contributed by atoms with Crippen LogP contribution < -0.4 is 18.4 Å². The maximum absolute atomic E-state index is 13.6. The molecule has 0 aliphatic carbocycles. The fraction of sp³-hybridized carbons (Fsp3) is 0.280. The van der Waals surface area contributed by atoms with E-state index >= 15 is 0 Å². The second-order valence-corrected chi connectivity index (χ2v) is 11.4. The molecule has 1 fully saturated rings. The van der Waals surface area contributed by atoms with Crippen molar-refractivity contribution in [3.63, 3.8) is 0 Å². The Morgan fingerprint density at radius 3 is 2.50 bits per heavy atom. The van der Waals surface area contributed by atoms with Crippen LogP contribution in [0.3, 0.4) is 0 Å². The summed E-state index contributed by atoms with van der Waals surface area (Å²) in [5, 5.41) is 0.113. The molecule has 0 unspecified atom stereocenters. The van der Waals surface area contributed by atoms with Crippen LogP contribution in [0.4, 0.5) is 18.9 Å². The highest BCUT2D eigenvalue weighted by atomic mass is 35.5. The van der Waals surface area contributed by atoms with E-state index in [1.54, 1.807) is 24.3 Å². The predicted molar refractivity (Wildman–Crippen MR) is 140 cm³/mol. The first-order valence-electron chi connectivity index (χ1n) is 11.3. The van der Waals surface area contributed by atoms with Gasteiger partial charge in [-0.25, -0.2) is 8.42 Å². The molecule has 3 aromatic rings. The molecule has 0 radical (unpaired) electrons. The number of hydrogen-bond acceptors (Lipinski definition) is 7. The number of alkyl halides is 3. The van der Waals surface area contributed by atoms with Crippen LogP contribution in [-0.2, 0) is 16.2 Å². The summed E-state index contributed by atoms with van der Waals surface area (Å²) in [4.78, 5) is 2.23. The van der Waals surface area contributed by atoms with Gasteiger partial charge in [-0.3, -0.25) is 4.72 Å². The van der Waals surface area contributed by atoms with Gasteiger partial charge in [-0.15, -0.1) is 0 Å². The lowest BCUT2D eigenvalue weighted by Gasteiger charge is -2.19. The molecule has 0 bridgehead atoms. The lowest BCUT2D eigenvalue weighted by molar-refractivity contribution is -0.139. The molecule has 1 atom stereocenters. The molecule has 13 heteroatoms. The maximum atomic E-state index is 13.6. The van der Waals surface area contributed by atoms with Gasteiger partial charge in [0.2, 0.25) is 0 Å². The zero-order valence-corrected chi connectivity index (χ0v) is 22.7. The van der Waals surface area contributed by atoms with Crippen molar-refractivity contribution in [2.24, 2.45) is 0 Å². The molecule has 7 nitrogen and oxygen atoms in total. The molecule has 3 aromatic carbocycles. The quantitative estimate of drug-likeness (QED) is 0.292. The van der Waals surface area contributed by atoms with E-state index in [1.807, 2.05) is 11.9 Å². The van der Waals surface area contributed by atoms with E-state index in [0.717, 1.165) is 30.2 Å². The summed E-state index contributed by atoms with van der Waals surface area (Å²) >= 11 is 7.23. The lowest BCUT2D eigenvalue weighted by Crippen LogP contribution is -2.23. The van der Waals surface area contributed by atoms with Crippen molar-refractivity contribution >= 4 is 39.4 Å². The molecule has 1 N–H and O–H groups in total. The number of hydrogen-bond donors (Lipinski definition) is 1. The first-order valence-corrected chi connectivity index (χ1v) is 13.9. The summed E-state index contributed by atoms with van der Waals surface area (Å²) in [7, 11) is -0.799. The largest absolute Gasteiger partial charge is 0.497 e. The number of sulfonamides is 1. The molecule has 38 heavy (non-hydrogen) atoms. The highest BCUT2D eigenvalue weighted by Crippen LogP contribution is 2.39. The molecule has 1 aliphatic rings. The monoisotopic (exact) mass is 588 g/mol. The van der Waals surface area contributed by atoms with Gasteiger partial charge >= 0.3 is 6.18 Å². The molecule has 4 rings (SSSR count). The van der Waals surface area contributed by atoms with E-state index in [2.05, 4.69) is 4.72 Å². The van der Waals surface area contributed by atoms with Gasteiger partial charge in [-0.05, 0) is 55.9 Å². The van der Waals surface area contributed by atoms with E-state index in [4.69, 9.17) is 25.3 Å².